The van der Waals surface area contributed by atoms with Crippen LogP contribution in [0, 0.1) is 11.9 Å². The van der Waals surface area contributed by atoms with E-state index in [0.717, 1.165) is 25.1 Å². The van der Waals surface area contributed by atoms with E-state index in [1.807, 2.05) is 18.2 Å². The van der Waals surface area contributed by atoms with Gasteiger partial charge in [0.15, 0.2) is 0 Å². The molecule has 3 nitrogen and oxygen atoms in total. The lowest BCUT2D eigenvalue weighted by molar-refractivity contribution is 0.554. The van der Waals surface area contributed by atoms with Crippen molar-refractivity contribution in [2.24, 2.45) is 5.92 Å². The molecule has 1 aromatic carbocycles. The van der Waals surface area contributed by atoms with Crippen LogP contribution in [0.5, 0.6) is 0 Å². The topological polar surface area (TPSA) is 40.7 Å². The van der Waals surface area contributed by atoms with Crippen LogP contribution in [0.3, 0.4) is 0 Å². The van der Waals surface area contributed by atoms with Crippen LogP contribution >= 0.6 is 0 Å². The van der Waals surface area contributed by atoms with Gasteiger partial charge in [-0.2, -0.15) is 9.49 Å². The highest BCUT2D eigenvalue weighted by atomic mass is 19.1. The summed E-state index contributed by atoms with van der Waals surface area (Å²) in [6, 6.07) is 5.69. The van der Waals surface area contributed by atoms with Crippen LogP contribution in [0.2, 0.25) is 0 Å². The summed E-state index contributed by atoms with van der Waals surface area (Å²) in [5.41, 5.74) is 1.70. The first-order valence-electron chi connectivity index (χ1n) is 6.00. The molecule has 0 aliphatic heterocycles. The van der Waals surface area contributed by atoms with Gasteiger partial charge in [0.05, 0.1) is 10.9 Å². The van der Waals surface area contributed by atoms with Gasteiger partial charge in [0.25, 0.3) is 0 Å². The van der Waals surface area contributed by atoms with Gasteiger partial charge in [0.2, 0.25) is 5.95 Å². The van der Waals surface area contributed by atoms with Crippen LogP contribution in [0.1, 0.15) is 19.4 Å². The molecular weight excluding hydrogens is 217 g/mol. The fraction of sp³-hybridized carbons (Fsp3) is 0.462. The molecule has 0 fully saturated rings. The molecule has 2 rings (SSSR count). The van der Waals surface area contributed by atoms with E-state index < -0.39 is 0 Å². The van der Waals surface area contributed by atoms with Crippen molar-refractivity contribution in [3.8, 4) is 0 Å². The second-order valence-electron chi connectivity index (χ2n) is 4.70. The van der Waals surface area contributed by atoms with E-state index in [1.165, 1.54) is 0 Å². The number of halogens is 1. The lowest BCUT2D eigenvalue weighted by Gasteiger charge is -2.07. The third-order valence-electron chi connectivity index (χ3n) is 2.75. The van der Waals surface area contributed by atoms with Crippen molar-refractivity contribution in [1.29, 1.82) is 0 Å². The van der Waals surface area contributed by atoms with Gasteiger partial charge >= 0.3 is 0 Å². The molecule has 0 aliphatic carbocycles. The maximum Gasteiger partial charge on any atom is 0.217 e. The van der Waals surface area contributed by atoms with Crippen LogP contribution in [0.25, 0.3) is 10.9 Å². The molecule has 0 bridgehead atoms. The predicted octanol–water partition coefficient (Wildman–Crippen LogP) is 2.49. The SMILES string of the molecule is CC(C)CNCCc1cccc2n[nH]c(F)c12. The van der Waals surface area contributed by atoms with Gasteiger partial charge in [-0.3, -0.25) is 5.10 Å². The molecule has 0 spiro atoms. The summed E-state index contributed by atoms with van der Waals surface area (Å²) in [5.74, 6) is 0.302. The maximum atomic E-state index is 13.5. The number of H-pyrrole nitrogens is 1. The van der Waals surface area contributed by atoms with Crippen LogP contribution in [0.4, 0.5) is 4.39 Å². The van der Waals surface area contributed by atoms with Crippen molar-refractivity contribution in [3.63, 3.8) is 0 Å². The molecule has 0 radical (unpaired) electrons. The predicted molar refractivity (Wildman–Crippen MR) is 67.5 cm³/mol. The molecule has 0 unspecified atom stereocenters. The number of hydrogen-bond donors (Lipinski definition) is 2. The second kappa shape index (κ2) is 5.27. The van der Waals surface area contributed by atoms with Crippen LogP contribution in [0.15, 0.2) is 18.2 Å². The van der Waals surface area contributed by atoms with Crippen molar-refractivity contribution < 1.29 is 4.39 Å². The van der Waals surface area contributed by atoms with Gasteiger partial charge in [-0.15, -0.1) is 0 Å². The van der Waals surface area contributed by atoms with Crippen LogP contribution in [-0.2, 0) is 6.42 Å². The Hall–Kier alpha value is -1.42. The first kappa shape index (κ1) is 12.0. The molecule has 0 atom stereocenters. The van der Waals surface area contributed by atoms with Gasteiger partial charge in [-0.05, 0) is 37.1 Å². The van der Waals surface area contributed by atoms with Crippen LogP contribution in [-0.4, -0.2) is 23.3 Å². The van der Waals surface area contributed by atoms with E-state index in [0.29, 0.717) is 16.8 Å². The number of nitrogens with zero attached hydrogens (tertiary/aromatic N) is 1. The Morgan fingerprint density at radius 1 is 1.41 bits per heavy atom. The molecular formula is C13H18FN3. The first-order chi connectivity index (χ1) is 8.18. The average molecular weight is 235 g/mol. The Balaban J connectivity index is 2.05. The monoisotopic (exact) mass is 235 g/mol. The lowest BCUT2D eigenvalue weighted by atomic mass is 10.1. The number of benzene rings is 1. The molecule has 1 heterocycles. The number of hydrogen-bond acceptors (Lipinski definition) is 2. The average Bonchev–Trinajstić information content (AvgIpc) is 2.67. The summed E-state index contributed by atoms with van der Waals surface area (Å²) in [5, 5.41) is 10.3. The summed E-state index contributed by atoms with van der Waals surface area (Å²) in [4.78, 5) is 0. The van der Waals surface area contributed by atoms with E-state index in [4.69, 9.17) is 0 Å². The Labute approximate surface area is 100 Å². The summed E-state index contributed by atoms with van der Waals surface area (Å²) >= 11 is 0. The zero-order valence-corrected chi connectivity index (χ0v) is 10.3. The van der Waals surface area contributed by atoms with Crippen molar-refractivity contribution in [2.75, 3.05) is 13.1 Å². The second-order valence-corrected chi connectivity index (χ2v) is 4.70. The van der Waals surface area contributed by atoms with E-state index in [2.05, 4.69) is 29.4 Å². The molecule has 17 heavy (non-hydrogen) atoms. The molecule has 0 saturated heterocycles. The third kappa shape index (κ3) is 2.82. The number of rotatable bonds is 5. The van der Waals surface area contributed by atoms with E-state index in [1.54, 1.807) is 0 Å². The summed E-state index contributed by atoms with van der Waals surface area (Å²) < 4.78 is 13.5. The summed E-state index contributed by atoms with van der Waals surface area (Å²) in [7, 11) is 0. The maximum absolute atomic E-state index is 13.5. The van der Waals surface area contributed by atoms with Crippen molar-refractivity contribution in [3.05, 3.63) is 29.7 Å². The van der Waals surface area contributed by atoms with Gasteiger partial charge in [0.1, 0.15) is 0 Å². The van der Waals surface area contributed by atoms with Crippen molar-refractivity contribution in [2.45, 2.75) is 20.3 Å². The highest BCUT2D eigenvalue weighted by Crippen LogP contribution is 2.19. The number of nitrogens with one attached hydrogen (secondary N) is 2. The minimum absolute atomic E-state index is 0.334. The molecule has 0 aliphatic rings. The zero-order chi connectivity index (χ0) is 12.3. The molecule has 0 amide bonds. The third-order valence-corrected chi connectivity index (χ3v) is 2.75. The molecule has 92 valence electrons. The van der Waals surface area contributed by atoms with Crippen molar-refractivity contribution >= 4 is 10.9 Å². The standard InChI is InChI=1S/C13H18FN3/c1-9(2)8-15-7-6-10-4-3-5-11-12(10)13(14)17-16-11/h3-5,9,15H,6-8H2,1-2H3,(H,16,17). The number of aromatic nitrogens is 2. The minimum Gasteiger partial charge on any atom is -0.316 e. The Morgan fingerprint density at radius 2 is 2.24 bits per heavy atom. The van der Waals surface area contributed by atoms with E-state index in [-0.39, 0.29) is 5.95 Å². The first-order valence-corrected chi connectivity index (χ1v) is 6.00. The van der Waals surface area contributed by atoms with Crippen molar-refractivity contribution in [1.82, 2.24) is 15.5 Å². The van der Waals surface area contributed by atoms with Gasteiger partial charge in [-0.25, -0.2) is 0 Å². The lowest BCUT2D eigenvalue weighted by Crippen LogP contribution is -2.22. The summed E-state index contributed by atoms with van der Waals surface area (Å²) in [6.07, 6.45) is 0.820. The molecule has 1 aromatic heterocycles. The Kier molecular flexibility index (Phi) is 3.74. The van der Waals surface area contributed by atoms with Crippen LogP contribution < -0.4 is 5.32 Å². The van der Waals surface area contributed by atoms with E-state index >= 15 is 0 Å². The minimum atomic E-state index is -0.334. The Morgan fingerprint density at radius 3 is 3.00 bits per heavy atom. The molecule has 2 N–H and O–H groups in total. The fourth-order valence-corrected chi connectivity index (χ4v) is 1.92. The number of aromatic amines is 1. The van der Waals surface area contributed by atoms with Gasteiger partial charge in [0, 0.05) is 0 Å². The van der Waals surface area contributed by atoms with E-state index in [9.17, 15) is 4.39 Å². The number of fused-ring (bicyclic) bond motifs is 1. The molecule has 4 heteroatoms. The summed E-state index contributed by atoms with van der Waals surface area (Å²) in [6.45, 7) is 6.19. The highest BCUT2D eigenvalue weighted by molar-refractivity contribution is 5.82. The quantitative estimate of drug-likeness (QED) is 0.782. The molecule has 2 aromatic rings. The van der Waals surface area contributed by atoms with Gasteiger partial charge in [-0.1, -0.05) is 26.0 Å². The smallest absolute Gasteiger partial charge is 0.217 e. The zero-order valence-electron chi connectivity index (χ0n) is 10.3. The molecule has 0 saturated carbocycles. The largest absolute Gasteiger partial charge is 0.316 e. The van der Waals surface area contributed by atoms with Gasteiger partial charge < -0.3 is 5.32 Å². The fourth-order valence-electron chi connectivity index (χ4n) is 1.92. The highest BCUT2D eigenvalue weighted by Gasteiger charge is 2.08. The Bertz CT molecular complexity index is 490. The normalized spacial score (nSPS) is 11.5.